The summed E-state index contributed by atoms with van der Waals surface area (Å²) < 4.78 is 10.7. The van der Waals surface area contributed by atoms with Crippen molar-refractivity contribution >= 4 is 5.96 Å². The van der Waals surface area contributed by atoms with Gasteiger partial charge in [0.15, 0.2) is 5.96 Å². The maximum absolute atomic E-state index is 5.71. The van der Waals surface area contributed by atoms with E-state index in [9.17, 15) is 0 Å². The van der Waals surface area contributed by atoms with Crippen molar-refractivity contribution in [2.45, 2.75) is 46.3 Å². The van der Waals surface area contributed by atoms with E-state index in [1.165, 1.54) is 0 Å². The molecule has 2 heterocycles. The first-order chi connectivity index (χ1) is 13.0. The highest BCUT2D eigenvalue weighted by molar-refractivity contribution is 5.80. The summed E-state index contributed by atoms with van der Waals surface area (Å²) in [4.78, 5) is 11.6. The molecule has 1 aromatic heterocycles. The van der Waals surface area contributed by atoms with Crippen molar-refractivity contribution in [3.63, 3.8) is 0 Å². The Morgan fingerprint density at radius 2 is 2.19 bits per heavy atom. The van der Waals surface area contributed by atoms with E-state index in [0.29, 0.717) is 43.6 Å². The molecule has 1 aromatic rings. The standard InChI is InChI=1S/C20H35N5O2/c1-6-21-20(24-18-14-25(15(2)3)13-16(18)4)23-12-17-8-7-9-22-19(17)27-11-10-26-5/h7-9,15-16,18H,6,10-14H2,1-5H3,(H2,21,23,24). The van der Waals surface area contributed by atoms with Gasteiger partial charge in [0.25, 0.3) is 0 Å². The Labute approximate surface area is 163 Å². The van der Waals surface area contributed by atoms with Crippen molar-refractivity contribution in [1.82, 2.24) is 20.5 Å². The minimum atomic E-state index is 0.400. The lowest BCUT2D eigenvalue weighted by atomic mass is 10.1. The smallest absolute Gasteiger partial charge is 0.218 e. The minimum Gasteiger partial charge on any atom is -0.475 e. The fourth-order valence-electron chi connectivity index (χ4n) is 3.17. The quantitative estimate of drug-likeness (QED) is 0.389. The Morgan fingerprint density at radius 3 is 2.85 bits per heavy atom. The third kappa shape index (κ3) is 6.66. The SMILES string of the molecule is CCNC(=NCc1cccnc1OCCOC)NC1CN(C(C)C)CC1C. The van der Waals surface area contributed by atoms with Gasteiger partial charge in [-0.1, -0.05) is 13.0 Å². The van der Waals surface area contributed by atoms with E-state index in [1.807, 2.05) is 12.1 Å². The van der Waals surface area contributed by atoms with Gasteiger partial charge in [0.05, 0.1) is 13.2 Å². The largest absolute Gasteiger partial charge is 0.475 e. The van der Waals surface area contributed by atoms with Gasteiger partial charge in [-0.15, -0.1) is 0 Å². The molecule has 0 bridgehead atoms. The third-order valence-electron chi connectivity index (χ3n) is 4.82. The van der Waals surface area contributed by atoms with Crippen LogP contribution in [-0.4, -0.2) is 67.9 Å². The molecular formula is C20H35N5O2. The maximum atomic E-state index is 5.71. The predicted molar refractivity (Wildman–Crippen MR) is 109 cm³/mol. The molecule has 0 radical (unpaired) electrons. The zero-order chi connectivity index (χ0) is 19.6. The van der Waals surface area contributed by atoms with Crippen LogP contribution in [0.4, 0.5) is 0 Å². The van der Waals surface area contributed by atoms with Gasteiger partial charge >= 0.3 is 0 Å². The van der Waals surface area contributed by atoms with E-state index in [0.717, 1.165) is 31.2 Å². The molecule has 7 nitrogen and oxygen atoms in total. The lowest BCUT2D eigenvalue weighted by molar-refractivity contribution is 0.143. The number of hydrogen-bond acceptors (Lipinski definition) is 5. The Balaban J connectivity index is 2.01. The molecule has 1 aliphatic rings. The molecule has 0 aromatic carbocycles. The molecule has 1 aliphatic heterocycles. The number of rotatable bonds is 9. The van der Waals surface area contributed by atoms with Crippen LogP contribution in [0.3, 0.4) is 0 Å². The molecule has 2 N–H and O–H groups in total. The molecule has 0 aliphatic carbocycles. The summed E-state index contributed by atoms with van der Waals surface area (Å²) in [6, 6.07) is 4.88. The van der Waals surface area contributed by atoms with E-state index in [-0.39, 0.29) is 0 Å². The second-order valence-corrected chi connectivity index (χ2v) is 7.28. The highest BCUT2D eigenvalue weighted by atomic mass is 16.5. The van der Waals surface area contributed by atoms with Crippen LogP contribution < -0.4 is 15.4 Å². The number of nitrogens with one attached hydrogen (secondary N) is 2. The van der Waals surface area contributed by atoms with Gasteiger partial charge < -0.3 is 20.1 Å². The van der Waals surface area contributed by atoms with Crippen LogP contribution >= 0.6 is 0 Å². The highest BCUT2D eigenvalue weighted by Crippen LogP contribution is 2.19. The molecule has 0 amide bonds. The molecule has 2 unspecified atom stereocenters. The monoisotopic (exact) mass is 377 g/mol. The van der Waals surface area contributed by atoms with Crippen molar-refractivity contribution in [2.75, 3.05) is 40.0 Å². The second-order valence-electron chi connectivity index (χ2n) is 7.28. The molecule has 1 fully saturated rings. The molecule has 1 saturated heterocycles. The summed E-state index contributed by atoms with van der Waals surface area (Å²) >= 11 is 0. The fraction of sp³-hybridized carbons (Fsp3) is 0.700. The third-order valence-corrected chi connectivity index (χ3v) is 4.82. The molecule has 0 saturated carbocycles. The number of pyridine rings is 1. The number of ether oxygens (including phenoxy) is 2. The number of hydrogen-bond donors (Lipinski definition) is 2. The maximum Gasteiger partial charge on any atom is 0.218 e. The van der Waals surface area contributed by atoms with Crippen molar-refractivity contribution in [1.29, 1.82) is 0 Å². The van der Waals surface area contributed by atoms with Crippen molar-refractivity contribution in [3.05, 3.63) is 23.9 Å². The fourth-order valence-corrected chi connectivity index (χ4v) is 3.17. The van der Waals surface area contributed by atoms with Crippen LogP contribution in [0.1, 0.15) is 33.3 Å². The topological polar surface area (TPSA) is 71.0 Å². The minimum absolute atomic E-state index is 0.400. The van der Waals surface area contributed by atoms with E-state index in [2.05, 4.69) is 48.2 Å². The summed E-state index contributed by atoms with van der Waals surface area (Å²) in [5, 5.41) is 6.96. The van der Waals surface area contributed by atoms with Crippen molar-refractivity contribution in [2.24, 2.45) is 10.9 Å². The van der Waals surface area contributed by atoms with Crippen molar-refractivity contribution in [3.8, 4) is 5.88 Å². The van der Waals surface area contributed by atoms with Gasteiger partial charge in [-0.05, 0) is 32.8 Å². The van der Waals surface area contributed by atoms with E-state index >= 15 is 0 Å². The van der Waals surface area contributed by atoms with Crippen LogP contribution in [0, 0.1) is 5.92 Å². The lowest BCUT2D eigenvalue weighted by Crippen LogP contribution is -2.46. The Bertz CT molecular complexity index is 593. The van der Waals surface area contributed by atoms with Crippen molar-refractivity contribution < 1.29 is 9.47 Å². The van der Waals surface area contributed by atoms with Crippen LogP contribution in [0.2, 0.25) is 0 Å². The Hall–Kier alpha value is -1.86. The Kier molecular flexibility index (Phi) is 8.81. The van der Waals surface area contributed by atoms with Gasteiger partial charge in [0, 0.05) is 50.6 Å². The molecule has 152 valence electrons. The Morgan fingerprint density at radius 1 is 1.37 bits per heavy atom. The second kappa shape index (κ2) is 11.1. The first-order valence-corrected chi connectivity index (χ1v) is 9.89. The lowest BCUT2D eigenvalue weighted by Gasteiger charge is -2.22. The summed E-state index contributed by atoms with van der Waals surface area (Å²) in [5.41, 5.74) is 0.967. The first kappa shape index (κ1) is 21.4. The van der Waals surface area contributed by atoms with Crippen LogP contribution in [0.15, 0.2) is 23.3 Å². The average Bonchev–Trinajstić information content (AvgIpc) is 3.02. The van der Waals surface area contributed by atoms with Gasteiger partial charge in [-0.25, -0.2) is 9.98 Å². The molecule has 0 spiro atoms. The zero-order valence-electron chi connectivity index (χ0n) is 17.4. The number of guanidine groups is 1. The normalized spacial score (nSPS) is 20.9. The average molecular weight is 378 g/mol. The number of nitrogens with zero attached hydrogens (tertiary/aromatic N) is 3. The van der Waals surface area contributed by atoms with Gasteiger partial charge in [-0.2, -0.15) is 0 Å². The zero-order valence-corrected chi connectivity index (χ0v) is 17.4. The number of methoxy groups -OCH3 is 1. The van der Waals surface area contributed by atoms with Gasteiger partial charge in [0.2, 0.25) is 5.88 Å². The number of aromatic nitrogens is 1. The molecule has 2 atom stereocenters. The van der Waals surface area contributed by atoms with Crippen LogP contribution in [-0.2, 0) is 11.3 Å². The number of aliphatic imine (C=N–C) groups is 1. The summed E-state index contributed by atoms with van der Waals surface area (Å²) in [5.74, 6) is 2.05. The first-order valence-electron chi connectivity index (χ1n) is 9.89. The molecular weight excluding hydrogens is 342 g/mol. The van der Waals surface area contributed by atoms with Crippen LogP contribution in [0.5, 0.6) is 5.88 Å². The summed E-state index contributed by atoms with van der Waals surface area (Å²) in [6.45, 7) is 13.4. The van der Waals surface area contributed by atoms with Gasteiger partial charge in [0.1, 0.15) is 6.61 Å². The summed E-state index contributed by atoms with van der Waals surface area (Å²) in [6.07, 6.45) is 1.74. The van der Waals surface area contributed by atoms with E-state index in [1.54, 1.807) is 13.3 Å². The molecule has 7 heteroatoms. The molecule has 2 rings (SSSR count). The summed E-state index contributed by atoms with van der Waals surface area (Å²) in [7, 11) is 1.66. The highest BCUT2D eigenvalue weighted by Gasteiger charge is 2.31. The van der Waals surface area contributed by atoms with Gasteiger partial charge in [-0.3, -0.25) is 4.90 Å². The number of likely N-dealkylation sites (tertiary alicyclic amines) is 1. The predicted octanol–water partition coefficient (Wildman–Crippen LogP) is 1.89. The van der Waals surface area contributed by atoms with E-state index < -0.39 is 0 Å². The van der Waals surface area contributed by atoms with Crippen LogP contribution in [0.25, 0.3) is 0 Å². The van der Waals surface area contributed by atoms with E-state index in [4.69, 9.17) is 14.5 Å². The molecule has 27 heavy (non-hydrogen) atoms.